The third-order valence-electron chi connectivity index (χ3n) is 3.76. The summed E-state index contributed by atoms with van der Waals surface area (Å²) in [6.07, 6.45) is 2.61. The Labute approximate surface area is 114 Å². The van der Waals surface area contributed by atoms with Crippen LogP contribution in [-0.2, 0) is 6.54 Å². The molecule has 3 nitrogen and oxygen atoms in total. The molecule has 3 heteroatoms. The summed E-state index contributed by atoms with van der Waals surface area (Å²) in [7, 11) is 0. The van der Waals surface area contributed by atoms with Gasteiger partial charge in [0.1, 0.15) is 5.76 Å². The summed E-state index contributed by atoms with van der Waals surface area (Å²) in [4.78, 5) is 7.11. The summed E-state index contributed by atoms with van der Waals surface area (Å²) < 4.78 is 5.81. The smallest absolute Gasteiger partial charge is 0.226 e. The van der Waals surface area contributed by atoms with Crippen LogP contribution in [0.4, 0.5) is 0 Å². The first kappa shape index (κ1) is 12.4. The average molecular weight is 256 g/mol. The molecule has 0 radical (unpaired) electrons. The van der Waals surface area contributed by atoms with Gasteiger partial charge in [-0.3, -0.25) is 4.90 Å². The van der Waals surface area contributed by atoms with Gasteiger partial charge in [-0.15, -0.1) is 0 Å². The normalized spacial score (nSPS) is 16.1. The van der Waals surface area contributed by atoms with E-state index in [1.165, 1.54) is 31.5 Å². The van der Waals surface area contributed by atoms with Crippen LogP contribution in [0.1, 0.15) is 29.9 Å². The highest BCUT2D eigenvalue weighted by molar-refractivity contribution is 5.54. The van der Waals surface area contributed by atoms with Crippen LogP contribution in [-0.4, -0.2) is 23.0 Å². The van der Waals surface area contributed by atoms with E-state index in [4.69, 9.17) is 4.42 Å². The largest absolute Gasteiger partial charge is 0.441 e. The molecular formula is C16H20N2O. The number of nitrogens with zero attached hydrogens (tertiary/aromatic N) is 2. The Hall–Kier alpha value is -1.61. The molecule has 1 aliphatic rings. The van der Waals surface area contributed by atoms with E-state index in [2.05, 4.69) is 41.1 Å². The van der Waals surface area contributed by atoms with Gasteiger partial charge >= 0.3 is 0 Å². The molecule has 0 aliphatic carbocycles. The van der Waals surface area contributed by atoms with E-state index in [-0.39, 0.29) is 0 Å². The van der Waals surface area contributed by atoms with E-state index in [0.717, 1.165) is 29.5 Å². The van der Waals surface area contributed by atoms with Crippen molar-refractivity contribution in [3.63, 3.8) is 0 Å². The lowest BCUT2D eigenvalue weighted by molar-refractivity contribution is 0.325. The van der Waals surface area contributed by atoms with Gasteiger partial charge in [-0.05, 0) is 51.9 Å². The SMILES string of the molecule is Cc1ccc(-c2nc(CN3CCCC3)c(C)o2)cc1. The van der Waals surface area contributed by atoms with Crippen LogP contribution in [0, 0.1) is 13.8 Å². The van der Waals surface area contributed by atoms with E-state index in [9.17, 15) is 0 Å². The average Bonchev–Trinajstić information content (AvgIpc) is 3.02. The fraction of sp³-hybridized carbons (Fsp3) is 0.438. The number of likely N-dealkylation sites (tertiary alicyclic amines) is 1. The summed E-state index contributed by atoms with van der Waals surface area (Å²) >= 11 is 0. The molecule has 0 spiro atoms. The summed E-state index contributed by atoms with van der Waals surface area (Å²) in [5.74, 6) is 1.69. The Morgan fingerprint density at radius 2 is 1.79 bits per heavy atom. The molecule has 0 atom stereocenters. The maximum Gasteiger partial charge on any atom is 0.226 e. The van der Waals surface area contributed by atoms with E-state index in [0.29, 0.717) is 0 Å². The second kappa shape index (κ2) is 5.17. The second-order valence-corrected chi connectivity index (χ2v) is 5.37. The van der Waals surface area contributed by atoms with Crippen molar-refractivity contribution in [2.24, 2.45) is 0 Å². The molecule has 2 heterocycles. The number of aryl methyl sites for hydroxylation is 2. The van der Waals surface area contributed by atoms with Crippen LogP contribution in [0.15, 0.2) is 28.7 Å². The first-order valence-corrected chi connectivity index (χ1v) is 6.98. The van der Waals surface area contributed by atoms with Crippen molar-refractivity contribution in [1.82, 2.24) is 9.88 Å². The summed E-state index contributed by atoms with van der Waals surface area (Å²) in [6.45, 7) is 7.39. The molecule has 0 unspecified atom stereocenters. The topological polar surface area (TPSA) is 29.3 Å². The van der Waals surface area contributed by atoms with Crippen LogP contribution >= 0.6 is 0 Å². The monoisotopic (exact) mass is 256 g/mol. The number of oxazole rings is 1. The second-order valence-electron chi connectivity index (χ2n) is 5.37. The Kier molecular flexibility index (Phi) is 3.38. The van der Waals surface area contributed by atoms with Crippen LogP contribution in [0.3, 0.4) is 0 Å². The van der Waals surface area contributed by atoms with Crippen molar-refractivity contribution < 1.29 is 4.42 Å². The number of hydrogen-bond acceptors (Lipinski definition) is 3. The standard InChI is InChI=1S/C16H20N2O/c1-12-5-7-14(8-6-12)16-17-15(13(2)19-16)11-18-9-3-4-10-18/h5-8H,3-4,9-11H2,1-2H3. The van der Waals surface area contributed by atoms with Gasteiger partial charge in [-0.25, -0.2) is 4.98 Å². The van der Waals surface area contributed by atoms with Gasteiger partial charge in [0.15, 0.2) is 0 Å². The predicted molar refractivity (Wildman–Crippen MR) is 75.9 cm³/mol. The Morgan fingerprint density at radius 1 is 1.11 bits per heavy atom. The zero-order valence-electron chi connectivity index (χ0n) is 11.6. The molecule has 2 aromatic rings. The van der Waals surface area contributed by atoms with Gasteiger partial charge in [0.25, 0.3) is 0 Å². The highest BCUT2D eigenvalue weighted by Crippen LogP contribution is 2.23. The lowest BCUT2D eigenvalue weighted by Gasteiger charge is -2.12. The lowest BCUT2D eigenvalue weighted by Crippen LogP contribution is -2.19. The van der Waals surface area contributed by atoms with E-state index < -0.39 is 0 Å². The van der Waals surface area contributed by atoms with Crippen molar-refractivity contribution in [3.05, 3.63) is 41.3 Å². The van der Waals surface area contributed by atoms with Crippen LogP contribution in [0.5, 0.6) is 0 Å². The molecular weight excluding hydrogens is 236 g/mol. The van der Waals surface area contributed by atoms with Gasteiger partial charge in [0, 0.05) is 12.1 Å². The molecule has 1 aromatic heterocycles. The number of rotatable bonds is 3. The summed E-state index contributed by atoms with van der Waals surface area (Å²) in [5.41, 5.74) is 3.39. The highest BCUT2D eigenvalue weighted by atomic mass is 16.4. The van der Waals surface area contributed by atoms with E-state index in [1.807, 2.05) is 6.92 Å². The Morgan fingerprint density at radius 3 is 2.47 bits per heavy atom. The molecule has 3 rings (SSSR count). The van der Waals surface area contributed by atoms with Crippen molar-refractivity contribution >= 4 is 0 Å². The summed E-state index contributed by atoms with van der Waals surface area (Å²) in [6, 6.07) is 8.32. The van der Waals surface area contributed by atoms with Crippen molar-refractivity contribution in [3.8, 4) is 11.5 Å². The number of hydrogen-bond donors (Lipinski definition) is 0. The minimum Gasteiger partial charge on any atom is -0.441 e. The first-order valence-electron chi connectivity index (χ1n) is 6.98. The molecule has 0 saturated carbocycles. The quantitative estimate of drug-likeness (QED) is 0.841. The molecule has 1 aliphatic heterocycles. The minimum atomic E-state index is 0.742. The molecule has 0 amide bonds. The van der Waals surface area contributed by atoms with Gasteiger partial charge in [0.2, 0.25) is 5.89 Å². The number of benzene rings is 1. The molecule has 19 heavy (non-hydrogen) atoms. The minimum absolute atomic E-state index is 0.742. The van der Waals surface area contributed by atoms with E-state index in [1.54, 1.807) is 0 Å². The third-order valence-corrected chi connectivity index (χ3v) is 3.76. The fourth-order valence-electron chi connectivity index (χ4n) is 2.55. The molecule has 1 saturated heterocycles. The van der Waals surface area contributed by atoms with Gasteiger partial charge in [-0.1, -0.05) is 17.7 Å². The van der Waals surface area contributed by atoms with Crippen LogP contribution in [0.2, 0.25) is 0 Å². The highest BCUT2D eigenvalue weighted by Gasteiger charge is 2.17. The molecule has 0 bridgehead atoms. The molecule has 1 fully saturated rings. The Bertz CT molecular complexity index is 551. The zero-order valence-corrected chi connectivity index (χ0v) is 11.6. The zero-order chi connectivity index (χ0) is 13.2. The maximum atomic E-state index is 5.81. The Balaban J connectivity index is 1.81. The van der Waals surface area contributed by atoms with Gasteiger partial charge < -0.3 is 4.42 Å². The lowest BCUT2D eigenvalue weighted by atomic mass is 10.1. The van der Waals surface area contributed by atoms with Gasteiger partial charge in [-0.2, -0.15) is 0 Å². The van der Waals surface area contributed by atoms with E-state index >= 15 is 0 Å². The predicted octanol–water partition coefficient (Wildman–Crippen LogP) is 3.55. The van der Waals surface area contributed by atoms with Crippen LogP contribution in [0.25, 0.3) is 11.5 Å². The summed E-state index contributed by atoms with van der Waals surface area (Å²) in [5, 5.41) is 0. The molecule has 0 N–H and O–H groups in total. The van der Waals surface area contributed by atoms with Crippen molar-refractivity contribution in [2.45, 2.75) is 33.2 Å². The van der Waals surface area contributed by atoms with Crippen molar-refractivity contribution in [2.75, 3.05) is 13.1 Å². The fourth-order valence-corrected chi connectivity index (χ4v) is 2.55. The van der Waals surface area contributed by atoms with Gasteiger partial charge in [0.05, 0.1) is 5.69 Å². The third kappa shape index (κ3) is 2.71. The van der Waals surface area contributed by atoms with Crippen LogP contribution < -0.4 is 0 Å². The maximum absolute atomic E-state index is 5.81. The molecule has 1 aromatic carbocycles. The first-order chi connectivity index (χ1) is 9.22. The van der Waals surface area contributed by atoms with Crippen molar-refractivity contribution in [1.29, 1.82) is 0 Å². The molecule has 100 valence electrons. The number of aromatic nitrogens is 1.